The van der Waals surface area contributed by atoms with Crippen LogP contribution in [0.25, 0.3) is 0 Å². The van der Waals surface area contributed by atoms with Gasteiger partial charge in [0.05, 0.1) is 5.75 Å². The fraction of sp³-hybridized carbons (Fsp3) is 1.00. The topological polar surface area (TPSA) is 46.2 Å². The van der Waals surface area contributed by atoms with E-state index < -0.39 is 10.0 Å². The lowest BCUT2D eigenvalue weighted by molar-refractivity contribution is 0.485. The van der Waals surface area contributed by atoms with Gasteiger partial charge < -0.3 is 0 Å². The normalized spacial score (nSPS) is 14.5. The van der Waals surface area contributed by atoms with E-state index in [0.29, 0.717) is 18.2 Å². The first-order chi connectivity index (χ1) is 6.87. The monoisotopic (exact) mass is 255 g/mol. The molecule has 15 heavy (non-hydrogen) atoms. The molecule has 0 spiro atoms. The summed E-state index contributed by atoms with van der Waals surface area (Å²) >= 11 is 5.45. The van der Waals surface area contributed by atoms with Crippen molar-refractivity contribution >= 4 is 21.6 Å². The summed E-state index contributed by atoms with van der Waals surface area (Å²) in [6.45, 7) is 6.17. The van der Waals surface area contributed by atoms with Crippen LogP contribution < -0.4 is 4.72 Å². The van der Waals surface area contributed by atoms with Gasteiger partial charge in [-0.1, -0.05) is 13.8 Å². The molecule has 0 aliphatic heterocycles. The van der Waals surface area contributed by atoms with E-state index in [2.05, 4.69) is 18.6 Å². The van der Waals surface area contributed by atoms with Crippen molar-refractivity contribution in [1.29, 1.82) is 0 Å². The van der Waals surface area contributed by atoms with E-state index in [9.17, 15) is 8.42 Å². The number of hydrogen-bond acceptors (Lipinski definition) is 2. The summed E-state index contributed by atoms with van der Waals surface area (Å²) in [6, 6.07) is 0.0210. The molecule has 5 heteroatoms. The van der Waals surface area contributed by atoms with Crippen LogP contribution in [0.4, 0.5) is 0 Å². The summed E-state index contributed by atoms with van der Waals surface area (Å²) in [7, 11) is -3.13. The largest absolute Gasteiger partial charge is 0.212 e. The van der Waals surface area contributed by atoms with Crippen molar-refractivity contribution in [2.75, 3.05) is 11.6 Å². The molecule has 0 fully saturated rings. The fourth-order valence-electron chi connectivity index (χ4n) is 1.25. The predicted octanol–water partition coefficient (Wildman–Crippen LogP) is 2.36. The standard InChI is InChI=1S/C10H22ClNO2S/c1-9(2)5-6-10(3)12-15(13,14)8-4-7-11/h9-10,12H,4-8H2,1-3H3. The van der Waals surface area contributed by atoms with Gasteiger partial charge in [-0.05, 0) is 32.1 Å². The first-order valence-corrected chi connectivity index (χ1v) is 7.62. The van der Waals surface area contributed by atoms with Gasteiger partial charge in [0.25, 0.3) is 0 Å². The van der Waals surface area contributed by atoms with Crippen LogP contribution in [0.15, 0.2) is 0 Å². The maximum absolute atomic E-state index is 11.5. The SMILES string of the molecule is CC(C)CCC(C)NS(=O)(=O)CCCCl. The lowest BCUT2D eigenvalue weighted by Crippen LogP contribution is -2.34. The van der Waals surface area contributed by atoms with Gasteiger partial charge >= 0.3 is 0 Å². The van der Waals surface area contributed by atoms with Crippen molar-refractivity contribution < 1.29 is 8.42 Å². The Labute approximate surface area is 98.6 Å². The second-order valence-electron chi connectivity index (χ2n) is 4.35. The van der Waals surface area contributed by atoms with Crippen LogP contribution in [0.5, 0.6) is 0 Å². The molecule has 0 radical (unpaired) electrons. The molecule has 0 aromatic carbocycles. The van der Waals surface area contributed by atoms with E-state index in [1.54, 1.807) is 0 Å². The Kier molecular flexibility index (Phi) is 7.57. The lowest BCUT2D eigenvalue weighted by Gasteiger charge is -2.14. The number of sulfonamides is 1. The molecule has 3 nitrogen and oxygen atoms in total. The minimum absolute atomic E-state index is 0.0210. The molecule has 1 unspecified atom stereocenters. The highest BCUT2D eigenvalue weighted by Gasteiger charge is 2.13. The third-order valence-electron chi connectivity index (χ3n) is 2.10. The predicted molar refractivity (Wildman–Crippen MR) is 65.8 cm³/mol. The molecule has 0 aliphatic rings. The van der Waals surface area contributed by atoms with E-state index in [0.717, 1.165) is 12.8 Å². The maximum atomic E-state index is 11.5. The van der Waals surface area contributed by atoms with Gasteiger partial charge in [-0.2, -0.15) is 0 Å². The minimum atomic E-state index is -3.13. The van der Waals surface area contributed by atoms with Gasteiger partial charge in [0.2, 0.25) is 10.0 Å². The minimum Gasteiger partial charge on any atom is -0.212 e. The molecule has 0 amide bonds. The second kappa shape index (κ2) is 7.47. The second-order valence-corrected chi connectivity index (χ2v) is 6.60. The quantitative estimate of drug-likeness (QED) is 0.677. The van der Waals surface area contributed by atoms with Gasteiger partial charge in [0.15, 0.2) is 0 Å². The fourth-order valence-corrected chi connectivity index (χ4v) is 2.92. The van der Waals surface area contributed by atoms with Crippen LogP contribution in [0.3, 0.4) is 0 Å². The first-order valence-electron chi connectivity index (χ1n) is 5.43. The van der Waals surface area contributed by atoms with E-state index >= 15 is 0 Å². The van der Waals surface area contributed by atoms with Crippen LogP contribution in [-0.2, 0) is 10.0 Å². The molecule has 0 aromatic heterocycles. The molecule has 0 rings (SSSR count). The third kappa shape index (κ3) is 9.15. The Morgan fingerprint density at radius 3 is 2.27 bits per heavy atom. The molecule has 0 bridgehead atoms. The highest BCUT2D eigenvalue weighted by molar-refractivity contribution is 7.89. The van der Waals surface area contributed by atoms with Gasteiger partial charge in [0.1, 0.15) is 0 Å². The highest BCUT2D eigenvalue weighted by atomic mass is 35.5. The number of alkyl halides is 1. The zero-order valence-corrected chi connectivity index (χ0v) is 11.4. The van der Waals surface area contributed by atoms with E-state index in [1.165, 1.54) is 0 Å². The zero-order valence-electron chi connectivity index (χ0n) is 9.79. The zero-order chi connectivity index (χ0) is 11.9. The van der Waals surface area contributed by atoms with Crippen molar-refractivity contribution in [3.05, 3.63) is 0 Å². The average molecular weight is 256 g/mol. The van der Waals surface area contributed by atoms with Crippen LogP contribution in [0, 0.1) is 5.92 Å². The molecule has 1 atom stereocenters. The molecule has 0 aliphatic carbocycles. The van der Waals surface area contributed by atoms with Crippen LogP contribution >= 0.6 is 11.6 Å². The molecule has 0 saturated heterocycles. The van der Waals surface area contributed by atoms with Crippen molar-refractivity contribution in [2.24, 2.45) is 5.92 Å². The Hall–Kier alpha value is 0.200. The van der Waals surface area contributed by atoms with Gasteiger partial charge in [-0.15, -0.1) is 11.6 Å². The van der Waals surface area contributed by atoms with E-state index in [1.807, 2.05) is 6.92 Å². The lowest BCUT2D eigenvalue weighted by atomic mass is 10.1. The number of hydrogen-bond donors (Lipinski definition) is 1. The highest BCUT2D eigenvalue weighted by Crippen LogP contribution is 2.07. The van der Waals surface area contributed by atoms with Crippen molar-refractivity contribution in [1.82, 2.24) is 4.72 Å². The number of halogens is 1. The summed E-state index contributed by atoms with van der Waals surface area (Å²) in [4.78, 5) is 0. The summed E-state index contributed by atoms with van der Waals surface area (Å²) in [6.07, 6.45) is 2.44. The van der Waals surface area contributed by atoms with Gasteiger partial charge in [0, 0.05) is 11.9 Å². The molecule has 0 saturated carbocycles. The molecular weight excluding hydrogens is 234 g/mol. The molecular formula is C10H22ClNO2S. The summed E-state index contributed by atoms with van der Waals surface area (Å²) in [5, 5.41) is 0. The van der Waals surface area contributed by atoms with E-state index in [-0.39, 0.29) is 11.8 Å². The first kappa shape index (κ1) is 15.2. The van der Waals surface area contributed by atoms with E-state index in [4.69, 9.17) is 11.6 Å². The van der Waals surface area contributed by atoms with Crippen LogP contribution in [-0.4, -0.2) is 26.1 Å². The summed E-state index contributed by atoms with van der Waals surface area (Å²) < 4.78 is 25.6. The third-order valence-corrected chi connectivity index (χ3v) is 3.96. The summed E-state index contributed by atoms with van der Waals surface area (Å²) in [5.41, 5.74) is 0. The van der Waals surface area contributed by atoms with Crippen molar-refractivity contribution in [3.63, 3.8) is 0 Å². The Balaban J connectivity index is 3.88. The van der Waals surface area contributed by atoms with Gasteiger partial charge in [-0.25, -0.2) is 13.1 Å². The maximum Gasteiger partial charge on any atom is 0.211 e. The molecule has 0 aromatic rings. The molecule has 92 valence electrons. The molecule has 1 N–H and O–H groups in total. The number of nitrogens with one attached hydrogen (secondary N) is 1. The Morgan fingerprint density at radius 1 is 1.20 bits per heavy atom. The molecule has 0 heterocycles. The van der Waals surface area contributed by atoms with Crippen molar-refractivity contribution in [2.45, 2.75) is 46.1 Å². The van der Waals surface area contributed by atoms with Crippen LogP contribution in [0.2, 0.25) is 0 Å². The number of rotatable bonds is 8. The van der Waals surface area contributed by atoms with Crippen LogP contribution in [0.1, 0.15) is 40.0 Å². The van der Waals surface area contributed by atoms with Crippen molar-refractivity contribution in [3.8, 4) is 0 Å². The summed E-state index contributed by atoms with van der Waals surface area (Å²) in [5.74, 6) is 1.13. The Morgan fingerprint density at radius 2 is 1.80 bits per heavy atom. The average Bonchev–Trinajstić information content (AvgIpc) is 2.11. The smallest absolute Gasteiger partial charge is 0.211 e. The Bertz CT molecular complexity index is 252. The van der Waals surface area contributed by atoms with Gasteiger partial charge in [-0.3, -0.25) is 0 Å².